The van der Waals surface area contributed by atoms with Gasteiger partial charge in [0.2, 0.25) is 0 Å². The number of ether oxygens (including phenoxy) is 1. The van der Waals surface area contributed by atoms with E-state index in [-0.39, 0.29) is 10.5 Å². The van der Waals surface area contributed by atoms with Gasteiger partial charge in [0.25, 0.3) is 21.1 Å². The van der Waals surface area contributed by atoms with Crippen LogP contribution in [-0.4, -0.2) is 38.7 Å². The smallest absolute Gasteiger partial charge is 0.274 e. The fraction of sp³-hybridized carbons (Fsp3) is 0.125. The van der Waals surface area contributed by atoms with Crippen LogP contribution in [0.2, 0.25) is 0 Å². The Bertz CT molecular complexity index is 1060. The Hall–Kier alpha value is -2.69. The molecule has 2 N–H and O–H groups in total. The molecule has 0 bridgehead atoms. The summed E-state index contributed by atoms with van der Waals surface area (Å²) in [6.07, 6.45) is 0. The van der Waals surface area contributed by atoms with Gasteiger partial charge in [0.15, 0.2) is 0 Å². The summed E-state index contributed by atoms with van der Waals surface area (Å²) in [7, 11) is -0.890. The molecule has 0 aliphatic rings. The Kier molecular flexibility index (Phi) is 4.81. The number of thiazole rings is 1. The molecule has 0 spiro atoms. The van der Waals surface area contributed by atoms with E-state index in [1.807, 2.05) is 0 Å². The number of aromatic nitrogens is 1. The van der Waals surface area contributed by atoms with Gasteiger partial charge in [-0.3, -0.25) is 14.3 Å². The summed E-state index contributed by atoms with van der Waals surface area (Å²) in [4.78, 5) is 15.7. The van der Waals surface area contributed by atoms with Crippen molar-refractivity contribution in [3.63, 3.8) is 0 Å². The van der Waals surface area contributed by atoms with Crippen molar-refractivity contribution >= 4 is 43.2 Å². The van der Waals surface area contributed by atoms with Crippen molar-refractivity contribution in [2.45, 2.75) is 4.90 Å². The van der Waals surface area contributed by atoms with Crippen LogP contribution >= 0.6 is 11.3 Å². The molecule has 0 unspecified atom stereocenters. The maximum atomic E-state index is 12.9. The molecule has 0 aliphatic carbocycles. The molecule has 0 saturated carbocycles. The Morgan fingerprint density at radius 1 is 1.23 bits per heavy atom. The summed E-state index contributed by atoms with van der Waals surface area (Å²) in [5, 5.41) is 9.09. The van der Waals surface area contributed by atoms with Gasteiger partial charge in [0.05, 0.1) is 27.9 Å². The molecule has 0 aliphatic heterocycles. The minimum atomic E-state index is -3.81. The highest BCUT2D eigenvalue weighted by molar-refractivity contribution is 7.92. The molecule has 1 heterocycles. The van der Waals surface area contributed by atoms with Crippen LogP contribution in [0.5, 0.6) is 5.19 Å². The number of methoxy groups -OCH3 is 1. The van der Waals surface area contributed by atoms with Crippen molar-refractivity contribution in [3.8, 4) is 5.19 Å². The summed E-state index contributed by atoms with van der Waals surface area (Å²) in [5.74, 6) is -0.676. The van der Waals surface area contributed by atoms with Crippen LogP contribution in [0.25, 0.3) is 10.2 Å². The highest BCUT2D eigenvalue weighted by atomic mass is 32.2. The first-order chi connectivity index (χ1) is 12.4. The zero-order chi connectivity index (χ0) is 18.9. The van der Waals surface area contributed by atoms with Gasteiger partial charge in [-0.2, -0.15) is 0 Å². The topological polar surface area (TPSA) is 109 Å². The van der Waals surface area contributed by atoms with E-state index < -0.39 is 15.9 Å². The lowest BCUT2D eigenvalue weighted by atomic mass is 10.2. The van der Waals surface area contributed by atoms with Crippen LogP contribution < -0.4 is 14.5 Å². The third-order valence-corrected chi connectivity index (χ3v) is 6.55. The van der Waals surface area contributed by atoms with Gasteiger partial charge < -0.3 is 4.74 Å². The number of benzene rings is 2. The average Bonchev–Trinajstić information content (AvgIpc) is 3.09. The fourth-order valence-corrected chi connectivity index (χ4v) is 4.29. The fourth-order valence-electron chi connectivity index (χ4n) is 2.32. The molecule has 3 rings (SSSR count). The molecular weight excluding hydrogens is 378 g/mol. The number of hydrogen-bond donors (Lipinski definition) is 2. The lowest BCUT2D eigenvalue weighted by Crippen LogP contribution is -2.26. The zero-order valence-electron chi connectivity index (χ0n) is 13.8. The third kappa shape index (κ3) is 3.21. The molecule has 0 atom stereocenters. The first-order valence-electron chi connectivity index (χ1n) is 7.35. The quantitative estimate of drug-likeness (QED) is 0.508. The standard InChI is InChI=1S/C16H15N3O5S2/c1-19(11-5-3-10(4-6-11)15(20)18-21)26(22,23)12-7-8-14-13(9-12)17-16(24-2)25-14/h3-9,21H,1-2H3,(H,18,20). The number of carbonyl (C=O) groups is 1. The van der Waals surface area contributed by atoms with Gasteiger partial charge in [-0.1, -0.05) is 11.3 Å². The summed E-state index contributed by atoms with van der Waals surface area (Å²) in [6.45, 7) is 0. The van der Waals surface area contributed by atoms with Crippen molar-refractivity contribution in [1.82, 2.24) is 10.5 Å². The Balaban J connectivity index is 1.94. The molecule has 2 aromatic carbocycles. The Morgan fingerprint density at radius 2 is 1.92 bits per heavy atom. The van der Waals surface area contributed by atoms with E-state index >= 15 is 0 Å². The number of amides is 1. The second-order valence-corrected chi connectivity index (χ2v) is 8.24. The molecule has 1 aromatic heterocycles. The third-order valence-electron chi connectivity index (χ3n) is 3.77. The SMILES string of the molecule is COc1nc2cc(S(=O)(=O)N(C)c3ccc(C(=O)NO)cc3)ccc2s1. The van der Waals surface area contributed by atoms with E-state index in [9.17, 15) is 13.2 Å². The first-order valence-corrected chi connectivity index (χ1v) is 9.60. The molecule has 10 heteroatoms. The first kappa shape index (κ1) is 18.1. The largest absolute Gasteiger partial charge is 0.473 e. The minimum Gasteiger partial charge on any atom is -0.473 e. The Morgan fingerprint density at radius 3 is 2.54 bits per heavy atom. The predicted octanol–water partition coefficient (Wildman–Crippen LogP) is 2.25. The molecule has 136 valence electrons. The molecule has 1 amide bonds. The van der Waals surface area contributed by atoms with E-state index in [0.29, 0.717) is 16.4 Å². The van der Waals surface area contributed by atoms with E-state index in [1.54, 1.807) is 6.07 Å². The molecular formula is C16H15N3O5S2. The van der Waals surface area contributed by atoms with Crippen molar-refractivity contribution < 1.29 is 23.2 Å². The van der Waals surface area contributed by atoms with Gasteiger partial charge in [0.1, 0.15) is 0 Å². The second kappa shape index (κ2) is 6.90. The van der Waals surface area contributed by atoms with Crippen LogP contribution in [0.3, 0.4) is 0 Å². The summed E-state index contributed by atoms with van der Waals surface area (Å²) in [5.41, 5.74) is 2.64. The normalized spacial score (nSPS) is 11.3. The number of fused-ring (bicyclic) bond motifs is 1. The van der Waals surface area contributed by atoms with E-state index in [2.05, 4.69) is 4.98 Å². The van der Waals surface area contributed by atoms with Crippen LogP contribution in [-0.2, 0) is 10.0 Å². The highest BCUT2D eigenvalue weighted by Gasteiger charge is 2.22. The van der Waals surface area contributed by atoms with Crippen LogP contribution in [0.4, 0.5) is 5.69 Å². The minimum absolute atomic E-state index is 0.0950. The van der Waals surface area contributed by atoms with Crippen molar-refractivity contribution in [2.24, 2.45) is 0 Å². The molecule has 3 aromatic rings. The van der Waals surface area contributed by atoms with Crippen molar-refractivity contribution in [2.75, 3.05) is 18.5 Å². The number of sulfonamides is 1. The lowest BCUT2D eigenvalue weighted by Gasteiger charge is -2.19. The summed E-state index contributed by atoms with van der Waals surface area (Å²) in [6, 6.07) is 10.5. The summed E-state index contributed by atoms with van der Waals surface area (Å²) < 4.78 is 32.8. The average molecular weight is 393 g/mol. The number of hydroxylamine groups is 1. The molecule has 0 saturated heterocycles. The van der Waals surface area contributed by atoms with Crippen molar-refractivity contribution in [3.05, 3.63) is 48.0 Å². The lowest BCUT2D eigenvalue weighted by molar-refractivity contribution is 0.0706. The predicted molar refractivity (Wildman–Crippen MR) is 97.5 cm³/mol. The van der Waals surface area contributed by atoms with E-state index in [0.717, 1.165) is 9.01 Å². The number of carbonyl (C=O) groups excluding carboxylic acids is 1. The van der Waals surface area contributed by atoms with Gasteiger partial charge in [-0.15, -0.1) is 0 Å². The Labute approximate surface area is 153 Å². The molecule has 8 nitrogen and oxygen atoms in total. The molecule has 0 fully saturated rings. The number of anilines is 1. The van der Waals surface area contributed by atoms with E-state index in [1.165, 1.54) is 67.4 Å². The number of rotatable bonds is 5. The van der Waals surface area contributed by atoms with Crippen LogP contribution in [0.1, 0.15) is 10.4 Å². The second-order valence-electron chi connectivity index (χ2n) is 5.27. The maximum absolute atomic E-state index is 12.9. The van der Waals surface area contributed by atoms with Gasteiger partial charge >= 0.3 is 0 Å². The highest BCUT2D eigenvalue weighted by Crippen LogP contribution is 2.30. The molecule has 26 heavy (non-hydrogen) atoms. The zero-order valence-corrected chi connectivity index (χ0v) is 15.5. The van der Waals surface area contributed by atoms with Crippen molar-refractivity contribution in [1.29, 1.82) is 0 Å². The monoisotopic (exact) mass is 393 g/mol. The number of nitrogens with one attached hydrogen (secondary N) is 1. The number of hydrogen-bond acceptors (Lipinski definition) is 7. The van der Waals surface area contributed by atoms with Gasteiger partial charge in [-0.25, -0.2) is 18.9 Å². The molecule has 0 radical (unpaired) electrons. The number of nitrogens with zero attached hydrogens (tertiary/aromatic N) is 2. The van der Waals surface area contributed by atoms with Crippen LogP contribution in [0, 0.1) is 0 Å². The van der Waals surface area contributed by atoms with Gasteiger partial charge in [-0.05, 0) is 42.5 Å². The maximum Gasteiger partial charge on any atom is 0.274 e. The van der Waals surface area contributed by atoms with E-state index in [4.69, 9.17) is 9.94 Å². The summed E-state index contributed by atoms with van der Waals surface area (Å²) >= 11 is 1.33. The van der Waals surface area contributed by atoms with Gasteiger partial charge in [0, 0.05) is 12.6 Å². The van der Waals surface area contributed by atoms with Crippen LogP contribution in [0.15, 0.2) is 47.4 Å².